The lowest BCUT2D eigenvalue weighted by molar-refractivity contribution is -0.00272. The second-order valence-corrected chi connectivity index (χ2v) is 7.10. The number of morpholine rings is 1. The van der Waals surface area contributed by atoms with Crippen LogP contribution in [0.5, 0.6) is 5.75 Å². The second-order valence-electron chi connectivity index (χ2n) is 7.10. The fourth-order valence-electron chi connectivity index (χ4n) is 3.54. The Balaban J connectivity index is 1.46. The van der Waals surface area contributed by atoms with E-state index in [1.54, 1.807) is 0 Å². The van der Waals surface area contributed by atoms with E-state index < -0.39 is 0 Å². The molecule has 0 radical (unpaired) electrons. The average molecular weight is 348 g/mol. The van der Waals surface area contributed by atoms with Gasteiger partial charge >= 0.3 is 0 Å². The number of benzene rings is 1. The van der Waals surface area contributed by atoms with E-state index in [2.05, 4.69) is 41.1 Å². The first kappa shape index (κ1) is 18.6. The number of para-hydroxylation sites is 1. The maximum absolute atomic E-state index is 6.09. The van der Waals surface area contributed by atoms with E-state index in [0.717, 1.165) is 64.9 Å². The monoisotopic (exact) mass is 348 g/mol. The molecule has 0 aromatic heterocycles. The Morgan fingerprint density at radius 3 is 2.80 bits per heavy atom. The summed E-state index contributed by atoms with van der Waals surface area (Å²) in [5.74, 6) is 1.01. The molecule has 140 valence electrons. The summed E-state index contributed by atoms with van der Waals surface area (Å²) < 4.78 is 17.3. The molecule has 0 bridgehead atoms. The molecule has 0 unspecified atom stereocenters. The normalized spacial score (nSPS) is 22.2. The van der Waals surface area contributed by atoms with E-state index >= 15 is 0 Å². The van der Waals surface area contributed by atoms with Crippen LogP contribution >= 0.6 is 0 Å². The summed E-state index contributed by atoms with van der Waals surface area (Å²) in [6.45, 7) is 8.19. The van der Waals surface area contributed by atoms with Crippen molar-refractivity contribution in [1.29, 1.82) is 0 Å². The van der Waals surface area contributed by atoms with E-state index in [0.29, 0.717) is 6.10 Å². The minimum atomic E-state index is 0.383. The third-order valence-electron chi connectivity index (χ3n) is 4.97. The summed E-state index contributed by atoms with van der Waals surface area (Å²) >= 11 is 0. The second kappa shape index (κ2) is 10.1. The van der Waals surface area contributed by atoms with Crippen molar-refractivity contribution in [3.8, 4) is 5.75 Å². The fraction of sp³-hybridized carbons (Fsp3) is 0.700. The van der Waals surface area contributed by atoms with Gasteiger partial charge < -0.3 is 14.2 Å². The van der Waals surface area contributed by atoms with Crippen molar-refractivity contribution in [3.05, 3.63) is 29.8 Å². The minimum Gasteiger partial charge on any atom is -0.492 e. The Bertz CT molecular complexity index is 499. The summed E-state index contributed by atoms with van der Waals surface area (Å²) in [6, 6.07) is 8.40. The van der Waals surface area contributed by atoms with Gasteiger partial charge in [0.15, 0.2) is 0 Å². The van der Waals surface area contributed by atoms with E-state index in [1.807, 2.05) is 0 Å². The predicted octanol–water partition coefficient (Wildman–Crippen LogP) is 2.40. The van der Waals surface area contributed by atoms with Gasteiger partial charge in [-0.1, -0.05) is 18.2 Å². The average Bonchev–Trinajstić information content (AvgIpc) is 2.65. The number of rotatable bonds is 8. The molecule has 0 aliphatic carbocycles. The van der Waals surface area contributed by atoms with Crippen molar-refractivity contribution in [2.75, 3.05) is 59.7 Å². The van der Waals surface area contributed by atoms with Gasteiger partial charge in [0, 0.05) is 44.9 Å². The molecule has 2 heterocycles. The fourth-order valence-corrected chi connectivity index (χ4v) is 3.54. The van der Waals surface area contributed by atoms with Gasteiger partial charge in [-0.05, 0) is 32.4 Å². The van der Waals surface area contributed by atoms with Gasteiger partial charge in [0.2, 0.25) is 0 Å². The Hall–Kier alpha value is -1.14. The van der Waals surface area contributed by atoms with Crippen LogP contribution in [0.2, 0.25) is 0 Å². The van der Waals surface area contributed by atoms with Crippen LogP contribution in [0, 0.1) is 0 Å². The molecule has 1 aromatic rings. The molecule has 2 aliphatic rings. The summed E-state index contributed by atoms with van der Waals surface area (Å²) in [4.78, 5) is 4.75. The molecule has 25 heavy (non-hydrogen) atoms. The molecule has 0 amide bonds. The summed E-state index contributed by atoms with van der Waals surface area (Å²) in [6.07, 6.45) is 4.06. The first-order valence-electron chi connectivity index (χ1n) is 9.62. The molecule has 0 saturated carbocycles. The number of nitrogens with zero attached hydrogens (tertiary/aromatic N) is 2. The molecule has 1 atom stereocenters. The number of hydrogen-bond donors (Lipinski definition) is 0. The van der Waals surface area contributed by atoms with Crippen LogP contribution in [0.4, 0.5) is 0 Å². The molecular formula is C20H32N2O3. The largest absolute Gasteiger partial charge is 0.492 e. The lowest BCUT2D eigenvalue weighted by Crippen LogP contribution is -2.38. The Morgan fingerprint density at radius 2 is 2.00 bits per heavy atom. The van der Waals surface area contributed by atoms with Crippen LogP contribution in [-0.2, 0) is 16.0 Å². The molecule has 2 fully saturated rings. The van der Waals surface area contributed by atoms with Crippen molar-refractivity contribution < 1.29 is 14.2 Å². The zero-order valence-corrected chi connectivity index (χ0v) is 15.5. The number of likely N-dealkylation sites (N-methyl/N-ethyl adjacent to an activating group) is 1. The van der Waals surface area contributed by atoms with Crippen molar-refractivity contribution in [3.63, 3.8) is 0 Å². The first-order chi connectivity index (χ1) is 12.3. The summed E-state index contributed by atoms with van der Waals surface area (Å²) in [5, 5.41) is 0. The Kier molecular flexibility index (Phi) is 7.55. The van der Waals surface area contributed by atoms with Crippen molar-refractivity contribution in [2.24, 2.45) is 0 Å². The van der Waals surface area contributed by atoms with Gasteiger partial charge in [-0.25, -0.2) is 0 Å². The summed E-state index contributed by atoms with van der Waals surface area (Å²) in [5.41, 5.74) is 1.25. The SMILES string of the molecule is CN(Cc1ccccc1OCCN1CCOCC1)C[C@@H]1CCCCO1. The van der Waals surface area contributed by atoms with Crippen LogP contribution in [0.15, 0.2) is 24.3 Å². The molecule has 1 aromatic carbocycles. The molecule has 0 spiro atoms. The van der Waals surface area contributed by atoms with Crippen molar-refractivity contribution in [2.45, 2.75) is 31.9 Å². The van der Waals surface area contributed by atoms with Crippen molar-refractivity contribution >= 4 is 0 Å². The lowest BCUT2D eigenvalue weighted by Gasteiger charge is -2.28. The van der Waals surface area contributed by atoms with Crippen molar-refractivity contribution in [1.82, 2.24) is 9.80 Å². The zero-order chi connectivity index (χ0) is 17.3. The maximum Gasteiger partial charge on any atom is 0.123 e. The van der Waals surface area contributed by atoms with E-state index in [4.69, 9.17) is 14.2 Å². The standard InChI is InChI=1S/C20H32N2O3/c1-21(17-19-7-4-5-12-24-19)16-18-6-2-3-8-20(18)25-15-11-22-9-13-23-14-10-22/h2-3,6,8,19H,4-5,7,9-17H2,1H3/t19-/m0/s1. The summed E-state index contributed by atoms with van der Waals surface area (Å²) in [7, 11) is 2.17. The molecule has 5 nitrogen and oxygen atoms in total. The molecule has 5 heteroatoms. The molecule has 2 saturated heterocycles. The maximum atomic E-state index is 6.09. The molecular weight excluding hydrogens is 316 g/mol. The Labute approximate surface area is 151 Å². The molecule has 2 aliphatic heterocycles. The van der Waals surface area contributed by atoms with E-state index in [9.17, 15) is 0 Å². The topological polar surface area (TPSA) is 34.2 Å². The highest BCUT2D eigenvalue weighted by molar-refractivity contribution is 5.33. The van der Waals surface area contributed by atoms with Crippen LogP contribution < -0.4 is 4.74 Å². The van der Waals surface area contributed by atoms with Gasteiger partial charge in [0.1, 0.15) is 12.4 Å². The third kappa shape index (κ3) is 6.26. The first-order valence-corrected chi connectivity index (χ1v) is 9.62. The van der Waals surface area contributed by atoms with Crippen LogP contribution in [0.25, 0.3) is 0 Å². The van der Waals surface area contributed by atoms with Gasteiger partial charge in [-0.3, -0.25) is 9.80 Å². The van der Waals surface area contributed by atoms with E-state index in [1.165, 1.54) is 24.8 Å². The Morgan fingerprint density at radius 1 is 1.16 bits per heavy atom. The number of ether oxygens (including phenoxy) is 3. The quantitative estimate of drug-likeness (QED) is 0.721. The van der Waals surface area contributed by atoms with Crippen LogP contribution in [0.3, 0.4) is 0 Å². The van der Waals surface area contributed by atoms with Crippen LogP contribution in [0.1, 0.15) is 24.8 Å². The minimum absolute atomic E-state index is 0.383. The molecule has 3 rings (SSSR count). The van der Waals surface area contributed by atoms with Crippen LogP contribution in [-0.4, -0.2) is 75.6 Å². The molecule has 0 N–H and O–H groups in total. The van der Waals surface area contributed by atoms with Gasteiger partial charge in [0.25, 0.3) is 0 Å². The third-order valence-corrected chi connectivity index (χ3v) is 4.97. The highest BCUT2D eigenvalue weighted by atomic mass is 16.5. The van der Waals surface area contributed by atoms with Gasteiger partial charge in [-0.2, -0.15) is 0 Å². The van der Waals surface area contributed by atoms with E-state index in [-0.39, 0.29) is 0 Å². The zero-order valence-electron chi connectivity index (χ0n) is 15.5. The lowest BCUT2D eigenvalue weighted by atomic mass is 10.1. The highest BCUT2D eigenvalue weighted by Crippen LogP contribution is 2.21. The highest BCUT2D eigenvalue weighted by Gasteiger charge is 2.17. The number of hydrogen-bond acceptors (Lipinski definition) is 5. The van der Waals surface area contributed by atoms with Gasteiger partial charge in [0.05, 0.1) is 19.3 Å². The smallest absolute Gasteiger partial charge is 0.123 e. The predicted molar refractivity (Wildman–Crippen MR) is 99.1 cm³/mol. The van der Waals surface area contributed by atoms with Gasteiger partial charge in [-0.15, -0.1) is 0 Å².